The van der Waals surface area contributed by atoms with Crippen LogP contribution in [0.25, 0.3) is 0 Å². The lowest BCUT2D eigenvalue weighted by atomic mass is 9.86. The number of rotatable bonds is 7. The number of amides is 2. The zero-order valence-corrected chi connectivity index (χ0v) is 21.7. The zero-order valence-electron chi connectivity index (χ0n) is 21.7. The molecule has 9 nitrogen and oxygen atoms in total. The Morgan fingerprint density at radius 2 is 1.65 bits per heavy atom. The molecule has 3 aliphatic rings. The van der Waals surface area contributed by atoms with Crippen LogP contribution in [0, 0.1) is 17.8 Å². The third-order valence-corrected chi connectivity index (χ3v) is 6.96. The van der Waals surface area contributed by atoms with Crippen LogP contribution in [0.1, 0.15) is 67.2 Å². The lowest BCUT2D eigenvalue weighted by Crippen LogP contribution is -2.44. The minimum Gasteiger partial charge on any atom is -0.444 e. The van der Waals surface area contributed by atoms with Gasteiger partial charge in [-0.2, -0.15) is 0 Å². The van der Waals surface area contributed by atoms with Gasteiger partial charge in [-0.1, -0.05) is 6.42 Å². The van der Waals surface area contributed by atoms with Crippen molar-refractivity contribution in [1.82, 2.24) is 9.80 Å². The van der Waals surface area contributed by atoms with Gasteiger partial charge in [0.25, 0.3) is 0 Å². The second-order valence-electron chi connectivity index (χ2n) is 12.1. The molecule has 0 radical (unpaired) electrons. The van der Waals surface area contributed by atoms with Crippen LogP contribution in [-0.2, 0) is 14.2 Å². The number of likely N-dealkylation sites (tertiary alicyclic amines) is 2. The molecule has 2 amide bonds. The van der Waals surface area contributed by atoms with Crippen molar-refractivity contribution < 1.29 is 34.0 Å². The molecule has 196 valence electrons. The number of hydrogen-bond acceptors (Lipinski definition) is 7. The molecule has 0 aromatic heterocycles. The SMILES string of the molecule is CC(C)(C)OC(=O)N1CC(CCCC2C(C(O)CO)CCN2C(=O)OC(C)(C)C)C(C2CO2)C1. The molecule has 34 heavy (non-hydrogen) atoms. The molecule has 3 aliphatic heterocycles. The molecule has 3 rings (SSSR count). The van der Waals surface area contributed by atoms with E-state index < -0.39 is 17.3 Å². The van der Waals surface area contributed by atoms with Crippen LogP contribution in [0.5, 0.6) is 0 Å². The topological polar surface area (TPSA) is 112 Å². The molecule has 0 saturated carbocycles. The number of aliphatic hydroxyl groups excluding tert-OH is 2. The Morgan fingerprint density at radius 1 is 1.03 bits per heavy atom. The molecule has 0 bridgehead atoms. The van der Waals surface area contributed by atoms with Crippen LogP contribution in [0.4, 0.5) is 9.59 Å². The van der Waals surface area contributed by atoms with Crippen molar-refractivity contribution >= 4 is 12.2 Å². The summed E-state index contributed by atoms with van der Waals surface area (Å²) < 4.78 is 16.8. The molecule has 3 saturated heterocycles. The second-order valence-corrected chi connectivity index (χ2v) is 12.1. The smallest absolute Gasteiger partial charge is 0.410 e. The van der Waals surface area contributed by atoms with Crippen molar-refractivity contribution in [3.8, 4) is 0 Å². The van der Waals surface area contributed by atoms with Crippen LogP contribution in [0.2, 0.25) is 0 Å². The number of aliphatic hydroxyl groups is 2. The zero-order chi connectivity index (χ0) is 25.3. The molecule has 6 atom stereocenters. The molecule has 9 heteroatoms. The molecule has 3 fully saturated rings. The van der Waals surface area contributed by atoms with Crippen LogP contribution in [0.3, 0.4) is 0 Å². The van der Waals surface area contributed by atoms with E-state index in [1.165, 1.54) is 0 Å². The minimum atomic E-state index is -0.862. The molecule has 0 aliphatic carbocycles. The van der Waals surface area contributed by atoms with Crippen LogP contribution >= 0.6 is 0 Å². The maximum Gasteiger partial charge on any atom is 0.410 e. The van der Waals surface area contributed by atoms with Gasteiger partial charge in [-0.3, -0.25) is 0 Å². The molecular formula is C25H44N2O7. The van der Waals surface area contributed by atoms with Gasteiger partial charge in [0.2, 0.25) is 0 Å². The fourth-order valence-corrected chi connectivity index (χ4v) is 5.37. The quantitative estimate of drug-likeness (QED) is 0.534. The average molecular weight is 485 g/mol. The van der Waals surface area contributed by atoms with Crippen LogP contribution in [0.15, 0.2) is 0 Å². The lowest BCUT2D eigenvalue weighted by molar-refractivity contribution is 0.00491. The summed E-state index contributed by atoms with van der Waals surface area (Å²) in [6, 6.07) is -0.184. The van der Waals surface area contributed by atoms with Crippen LogP contribution in [-0.4, -0.2) is 94.5 Å². The van der Waals surface area contributed by atoms with Gasteiger partial charge >= 0.3 is 12.2 Å². The summed E-state index contributed by atoms with van der Waals surface area (Å²) in [4.78, 5) is 28.9. The maximum absolute atomic E-state index is 12.8. The van der Waals surface area contributed by atoms with E-state index in [9.17, 15) is 19.8 Å². The van der Waals surface area contributed by atoms with Crippen LogP contribution < -0.4 is 0 Å². The third-order valence-electron chi connectivity index (χ3n) is 6.96. The van der Waals surface area contributed by atoms with E-state index in [1.54, 1.807) is 9.80 Å². The van der Waals surface area contributed by atoms with Gasteiger partial charge in [0.15, 0.2) is 0 Å². The number of ether oxygens (including phenoxy) is 3. The Morgan fingerprint density at radius 3 is 2.21 bits per heavy atom. The summed E-state index contributed by atoms with van der Waals surface area (Å²) in [5.74, 6) is 0.413. The summed E-state index contributed by atoms with van der Waals surface area (Å²) in [6.45, 7) is 13.3. The highest BCUT2D eigenvalue weighted by Gasteiger charge is 2.46. The highest BCUT2D eigenvalue weighted by Crippen LogP contribution is 2.38. The summed E-state index contributed by atoms with van der Waals surface area (Å²) in [5.41, 5.74) is -1.13. The molecular weight excluding hydrogens is 440 g/mol. The predicted molar refractivity (Wildman–Crippen MR) is 126 cm³/mol. The van der Waals surface area contributed by atoms with E-state index in [4.69, 9.17) is 14.2 Å². The predicted octanol–water partition coefficient (Wildman–Crippen LogP) is 3.02. The largest absolute Gasteiger partial charge is 0.444 e. The summed E-state index contributed by atoms with van der Waals surface area (Å²) in [5, 5.41) is 19.9. The third kappa shape index (κ3) is 7.21. The number of epoxide rings is 1. The van der Waals surface area contributed by atoms with Gasteiger partial charge in [-0.05, 0) is 66.7 Å². The molecule has 2 N–H and O–H groups in total. The Bertz CT molecular complexity index is 713. The van der Waals surface area contributed by atoms with E-state index in [0.717, 1.165) is 19.4 Å². The standard InChI is InChI=1S/C25H44N2O7/c1-24(2,3)33-22(30)26-12-16(18(13-26)21-15-32-21)8-7-9-19-17(20(29)14-28)10-11-27(19)23(31)34-25(4,5)6/h16-21,28-29H,7-15H2,1-6H3. The number of carbonyl (C=O) groups excluding carboxylic acids is 2. The molecule has 6 unspecified atom stereocenters. The first kappa shape index (κ1) is 27.0. The monoisotopic (exact) mass is 484 g/mol. The van der Waals surface area contributed by atoms with Gasteiger partial charge in [-0.15, -0.1) is 0 Å². The summed E-state index contributed by atoms with van der Waals surface area (Å²) in [6.07, 6.45) is 1.77. The maximum atomic E-state index is 12.8. The normalized spacial score (nSPS) is 30.4. The van der Waals surface area contributed by atoms with E-state index in [2.05, 4.69) is 0 Å². The fraction of sp³-hybridized carbons (Fsp3) is 0.920. The minimum absolute atomic E-state index is 0.179. The van der Waals surface area contributed by atoms with Crippen molar-refractivity contribution in [2.24, 2.45) is 17.8 Å². The van der Waals surface area contributed by atoms with Crippen molar-refractivity contribution in [2.75, 3.05) is 32.8 Å². The number of carbonyl (C=O) groups is 2. The Hall–Kier alpha value is -1.58. The number of nitrogens with zero attached hydrogens (tertiary/aromatic N) is 2. The van der Waals surface area contributed by atoms with Gasteiger partial charge in [-0.25, -0.2) is 9.59 Å². The summed E-state index contributed by atoms with van der Waals surface area (Å²) in [7, 11) is 0. The fourth-order valence-electron chi connectivity index (χ4n) is 5.37. The van der Waals surface area contributed by atoms with Crippen molar-refractivity contribution in [1.29, 1.82) is 0 Å². The Kier molecular flexibility index (Phi) is 8.41. The summed E-state index contributed by atoms with van der Waals surface area (Å²) >= 11 is 0. The highest BCUT2D eigenvalue weighted by molar-refractivity contribution is 5.69. The van der Waals surface area contributed by atoms with E-state index in [-0.39, 0.29) is 42.8 Å². The van der Waals surface area contributed by atoms with E-state index in [0.29, 0.717) is 38.4 Å². The molecule has 3 heterocycles. The Labute approximate surface area is 203 Å². The average Bonchev–Trinajstić information content (AvgIpc) is 3.31. The molecule has 0 aromatic rings. The lowest BCUT2D eigenvalue weighted by Gasteiger charge is -2.32. The first-order valence-electron chi connectivity index (χ1n) is 12.7. The van der Waals surface area contributed by atoms with Gasteiger partial charge in [0, 0.05) is 37.5 Å². The second kappa shape index (κ2) is 10.6. The van der Waals surface area contributed by atoms with Gasteiger partial charge in [0.05, 0.1) is 25.4 Å². The van der Waals surface area contributed by atoms with Gasteiger partial charge < -0.3 is 34.2 Å². The van der Waals surface area contributed by atoms with Crippen molar-refractivity contribution in [2.45, 2.75) is 96.7 Å². The first-order chi connectivity index (χ1) is 15.8. The van der Waals surface area contributed by atoms with E-state index in [1.807, 2.05) is 41.5 Å². The van der Waals surface area contributed by atoms with E-state index >= 15 is 0 Å². The number of hydrogen-bond donors (Lipinski definition) is 2. The van der Waals surface area contributed by atoms with Gasteiger partial charge in [0.1, 0.15) is 11.2 Å². The molecule has 0 aromatic carbocycles. The molecule has 0 spiro atoms. The first-order valence-corrected chi connectivity index (χ1v) is 12.7. The highest BCUT2D eigenvalue weighted by atomic mass is 16.6. The van der Waals surface area contributed by atoms with Crippen molar-refractivity contribution in [3.05, 3.63) is 0 Å². The van der Waals surface area contributed by atoms with Crippen molar-refractivity contribution in [3.63, 3.8) is 0 Å². The Balaban J connectivity index is 1.60.